The van der Waals surface area contributed by atoms with Crippen LogP contribution in [0.4, 0.5) is 13.2 Å². The van der Waals surface area contributed by atoms with E-state index in [9.17, 15) is 26.4 Å². The van der Waals surface area contributed by atoms with E-state index < -0.39 is 27.8 Å². The molecule has 12 heteroatoms. The lowest BCUT2D eigenvalue weighted by atomic mass is 10.3. The molecule has 132 valence electrons. The third kappa shape index (κ3) is 4.41. The van der Waals surface area contributed by atoms with Gasteiger partial charge in [-0.25, -0.2) is 22.6 Å². The van der Waals surface area contributed by atoms with Gasteiger partial charge in [0.15, 0.2) is 11.3 Å². The number of nitrogens with one attached hydrogen (secondary N) is 2. The van der Waals surface area contributed by atoms with Gasteiger partial charge in [-0.2, -0.15) is 18.3 Å². The van der Waals surface area contributed by atoms with E-state index in [1.807, 2.05) is 0 Å². The molecule has 0 fully saturated rings. The van der Waals surface area contributed by atoms with E-state index in [2.05, 4.69) is 20.1 Å². The van der Waals surface area contributed by atoms with Crippen molar-refractivity contribution in [3.8, 4) is 0 Å². The van der Waals surface area contributed by atoms with Crippen LogP contribution in [0.25, 0.3) is 5.65 Å². The van der Waals surface area contributed by atoms with Crippen LogP contribution in [-0.2, 0) is 16.2 Å². The smallest absolute Gasteiger partial charge is 0.349 e. The lowest BCUT2D eigenvalue weighted by Gasteiger charge is -2.09. The number of halogens is 3. The molecule has 0 aromatic carbocycles. The SMILES string of the molecule is Cc1cc(C(F)(F)F)n2nc(C(=O)NCCNS(C)(=O)=O)cc2n1. The number of carbonyl (C=O) groups excluding carboxylic acids is 1. The second-order valence-electron chi connectivity index (χ2n) is 5.00. The van der Waals surface area contributed by atoms with Gasteiger partial charge in [-0.15, -0.1) is 0 Å². The Hall–Kier alpha value is -2.21. The first kappa shape index (κ1) is 18.1. The van der Waals surface area contributed by atoms with Crippen molar-refractivity contribution < 1.29 is 26.4 Å². The summed E-state index contributed by atoms with van der Waals surface area (Å²) >= 11 is 0. The fourth-order valence-electron chi connectivity index (χ4n) is 1.92. The zero-order valence-corrected chi connectivity index (χ0v) is 13.5. The monoisotopic (exact) mass is 365 g/mol. The number of aromatic nitrogens is 3. The Morgan fingerprint density at radius 3 is 2.54 bits per heavy atom. The van der Waals surface area contributed by atoms with E-state index in [0.717, 1.165) is 18.4 Å². The highest BCUT2D eigenvalue weighted by atomic mass is 32.2. The number of fused-ring (bicyclic) bond motifs is 1. The van der Waals surface area contributed by atoms with Gasteiger partial charge in [-0.3, -0.25) is 4.79 Å². The molecule has 2 aromatic rings. The van der Waals surface area contributed by atoms with E-state index in [-0.39, 0.29) is 30.1 Å². The minimum atomic E-state index is -4.65. The Labute approximate surface area is 135 Å². The summed E-state index contributed by atoms with van der Waals surface area (Å²) in [7, 11) is -3.39. The van der Waals surface area contributed by atoms with Crippen molar-refractivity contribution in [1.82, 2.24) is 24.6 Å². The van der Waals surface area contributed by atoms with Crippen molar-refractivity contribution in [2.75, 3.05) is 19.3 Å². The average molecular weight is 365 g/mol. The third-order valence-corrected chi connectivity index (χ3v) is 3.58. The number of aryl methyl sites for hydroxylation is 1. The molecule has 0 aliphatic rings. The molecule has 1 amide bonds. The van der Waals surface area contributed by atoms with Crippen molar-refractivity contribution in [3.63, 3.8) is 0 Å². The molecule has 2 N–H and O–H groups in total. The van der Waals surface area contributed by atoms with Crippen molar-refractivity contribution in [1.29, 1.82) is 0 Å². The number of nitrogens with zero attached hydrogens (tertiary/aromatic N) is 3. The molecule has 2 aromatic heterocycles. The van der Waals surface area contributed by atoms with Crippen LogP contribution in [0.15, 0.2) is 12.1 Å². The summed E-state index contributed by atoms with van der Waals surface area (Å²) in [5.74, 6) is -0.735. The zero-order valence-electron chi connectivity index (χ0n) is 12.7. The quantitative estimate of drug-likeness (QED) is 0.743. The number of hydrogen-bond donors (Lipinski definition) is 2. The van der Waals surface area contributed by atoms with E-state index in [0.29, 0.717) is 4.52 Å². The fourth-order valence-corrected chi connectivity index (χ4v) is 2.39. The molecule has 8 nitrogen and oxygen atoms in total. The molecule has 0 saturated heterocycles. The molecule has 0 spiro atoms. The van der Waals surface area contributed by atoms with Crippen LogP contribution < -0.4 is 10.0 Å². The Balaban J connectivity index is 2.20. The Morgan fingerprint density at radius 2 is 1.96 bits per heavy atom. The topological polar surface area (TPSA) is 105 Å². The maximum atomic E-state index is 13.0. The van der Waals surface area contributed by atoms with Crippen LogP contribution in [-0.4, -0.2) is 48.3 Å². The molecule has 0 saturated carbocycles. The molecule has 2 heterocycles. The number of alkyl halides is 3. The summed E-state index contributed by atoms with van der Waals surface area (Å²) in [5.41, 5.74) is -1.26. The van der Waals surface area contributed by atoms with Gasteiger partial charge >= 0.3 is 6.18 Å². The highest BCUT2D eigenvalue weighted by molar-refractivity contribution is 7.88. The molecule has 2 rings (SSSR count). The highest BCUT2D eigenvalue weighted by Gasteiger charge is 2.35. The predicted octanol–water partition coefficient (Wildman–Crippen LogP) is 0.336. The Kier molecular flexibility index (Phi) is 4.80. The lowest BCUT2D eigenvalue weighted by molar-refractivity contribution is -0.142. The average Bonchev–Trinajstić information content (AvgIpc) is 2.83. The maximum absolute atomic E-state index is 13.0. The van der Waals surface area contributed by atoms with Gasteiger partial charge in [0.05, 0.1) is 6.26 Å². The number of amides is 1. The van der Waals surface area contributed by atoms with E-state index in [1.54, 1.807) is 0 Å². The van der Waals surface area contributed by atoms with Crippen LogP contribution >= 0.6 is 0 Å². The Morgan fingerprint density at radius 1 is 1.29 bits per heavy atom. The summed E-state index contributed by atoms with van der Waals surface area (Å²) in [5, 5.41) is 5.99. The molecule has 0 bridgehead atoms. The molecule has 0 unspecified atom stereocenters. The fraction of sp³-hybridized carbons (Fsp3) is 0.417. The first-order chi connectivity index (χ1) is 11.0. The minimum Gasteiger partial charge on any atom is -0.349 e. The van der Waals surface area contributed by atoms with Gasteiger partial charge in [-0.1, -0.05) is 0 Å². The van der Waals surface area contributed by atoms with Crippen molar-refractivity contribution in [2.45, 2.75) is 13.1 Å². The van der Waals surface area contributed by atoms with Gasteiger partial charge in [0.1, 0.15) is 5.69 Å². The van der Waals surface area contributed by atoms with Gasteiger partial charge in [0.2, 0.25) is 10.0 Å². The molecule has 0 aliphatic carbocycles. The molecule has 0 aliphatic heterocycles. The van der Waals surface area contributed by atoms with E-state index in [4.69, 9.17) is 0 Å². The van der Waals surface area contributed by atoms with Crippen LogP contribution in [0.1, 0.15) is 21.9 Å². The standard InChI is InChI=1S/C12H14F3N5O3S/c1-7-5-9(12(13,14)15)20-10(18-7)6-8(19-20)11(21)16-3-4-17-24(2,22)23/h5-6,17H,3-4H2,1-2H3,(H,16,21). The highest BCUT2D eigenvalue weighted by Crippen LogP contribution is 2.29. The van der Waals surface area contributed by atoms with Crippen LogP contribution in [0.5, 0.6) is 0 Å². The maximum Gasteiger partial charge on any atom is 0.433 e. The molecule has 24 heavy (non-hydrogen) atoms. The number of carbonyl (C=O) groups is 1. The van der Waals surface area contributed by atoms with Crippen LogP contribution in [0.3, 0.4) is 0 Å². The lowest BCUT2D eigenvalue weighted by Crippen LogP contribution is -2.34. The van der Waals surface area contributed by atoms with Crippen LogP contribution in [0.2, 0.25) is 0 Å². The molecular weight excluding hydrogens is 351 g/mol. The minimum absolute atomic E-state index is 0.0433. The third-order valence-electron chi connectivity index (χ3n) is 2.85. The summed E-state index contributed by atoms with van der Waals surface area (Å²) in [6, 6.07) is 1.96. The summed E-state index contributed by atoms with van der Waals surface area (Å²) in [6.45, 7) is 1.31. The van der Waals surface area contributed by atoms with Gasteiger partial charge in [-0.05, 0) is 13.0 Å². The zero-order chi connectivity index (χ0) is 18.1. The summed E-state index contributed by atoms with van der Waals surface area (Å²) in [4.78, 5) is 15.8. The normalized spacial score (nSPS) is 12.5. The molecule has 0 radical (unpaired) electrons. The summed E-state index contributed by atoms with van der Waals surface area (Å²) in [6.07, 6.45) is -3.69. The second-order valence-corrected chi connectivity index (χ2v) is 6.84. The second kappa shape index (κ2) is 6.36. The molecule has 0 atom stereocenters. The van der Waals surface area contributed by atoms with Gasteiger partial charge in [0.25, 0.3) is 5.91 Å². The van der Waals surface area contributed by atoms with E-state index in [1.165, 1.54) is 6.92 Å². The first-order valence-electron chi connectivity index (χ1n) is 6.65. The van der Waals surface area contributed by atoms with Gasteiger partial charge < -0.3 is 5.32 Å². The van der Waals surface area contributed by atoms with Crippen molar-refractivity contribution >= 4 is 21.6 Å². The number of hydrogen-bond acceptors (Lipinski definition) is 5. The predicted molar refractivity (Wildman–Crippen MR) is 77.9 cm³/mol. The van der Waals surface area contributed by atoms with Gasteiger partial charge in [0, 0.05) is 24.8 Å². The summed E-state index contributed by atoms with van der Waals surface area (Å²) < 4.78 is 63.5. The number of sulfonamides is 1. The van der Waals surface area contributed by atoms with Crippen molar-refractivity contribution in [3.05, 3.63) is 29.2 Å². The van der Waals surface area contributed by atoms with Crippen molar-refractivity contribution in [2.24, 2.45) is 0 Å². The Bertz CT molecular complexity index is 876. The largest absolute Gasteiger partial charge is 0.433 e. The molecular formula is C12H14F3N5O3S. The first-order valence-corrected chi connectivity index (χ1v) is 8.54. The number of rotatable bonds is 5. The van der Waals surface area contributed by atoms with E-state index >= 15 is 0 Å². The van der Waals surface area contributed by atoms with Crippen LogP contribution in [0, 0.1) is 6.92 Å².